The second-order valence-electron chi connectivity index (χ2n) is 1.61. The van der Waals surface area contributed by atoms with E-state index in [-0.39, 0.29) is 19.9 Å². The number of amides is 3. The van der Waals surface area contributed by atoms with Crippen molar-refractivity contribution in [3.63, 3.8) is 0 Å². The molecule has 1 saturated heterocycles. The molecule has 1 N–H and O–H groups in total. The molecule has 1 aliphatic heterocycles. The normalized spacial score (nSPS) is 19.4. The predicted molar refractivity (Wildman–Crippen MR) is 28.3 cm³/mol. The summed E-state index contributed by atoms with van der Waals surface area (Å²) in [6, 6.07) is -0.310. The molecule has 3 amide bonds. The standard InChI is InChI=1S/C4H6N2O2.H2/c1-6-3(7)2-5-4(6)8;/h2H2,1H3,(H,5,8);1H. The van der Waals surface area contributed by atoms with Gasteiger partial charge in [-0.25, -0.2) is 4.79 Å². The molecule has 46 valence electrons. The molecule has 0 aromatic carbocycles. The Morgan fingerprint density at radius 3 is 2.50 bits per heavy atom. The van der Waals surface area contributed by atoms with E-state index in [2.05, 4.69) is 5.32 Å². The summed E-state index contributed by atoms with van der Waals surface area (Å²) in [4.78, 5) is 21.9. The maximum Gasteiger partial charge on any atom is 0.324 e. The van der Waals surface area contributed by atoms with Crippen molar-refractivity contribution in [2.24, 2.45) is 0 Å². The maximum atomic E-state index is 10.4. The number of carbonyl (C=O) groups excluding carboxylic acids is 2. The van der Waals surface area contributed by atoms with E-state index in [1.807, 2.05) is 0 Å². The molecular formula is C4H8N2O2. The van der Waals surface area contributed by atoms with Crippen LogP contribution in [0.2, 0.25) is 0 Å². The summed E-state index contributed by atoms with van der Waals surface area (Å²) in [6.45, 7) is 0.148. The van der Waals surface area contributed by atoms with Gasteiger partial charge >= 0.3 is 6.03 Å². The van der Waals surface area contributed by atoms with Crippen LogP contribution < -0.4 is 5.32 Å². The van der Waals surface area contributed by atoms with E-state index in [1.165, 1.54) is 7.05 Å². The van der Waals surface area contributed by atoms with Crippen LogP contribution in [-0.4, -0.2) is 30.4 Å². The molecule has 0 saturated carbocycles. The van der Waals surface area contributed by atoms with Crippen LogP contribution in [0.1, 0.15) is 1.43 Å². The Hall–Kier alpha value is -1.06. The summed E-state index contributed by atoms with van der Waals surface area (Å²) in [6.07, 6.45) is 0. The van der Waals surface area contributed by atoms with E-state index in [9.17, 15) is 9.59 Å². The fourth-order valence-corrected chi connectivity index (χ4v) is 0.502. The smallest absolute Gasteiger partial charge is 0.324 e. The molecule has 8 heavy (non-hydrogen) atoms. The lowest BCUT2D eigenvalue weighted by molar-refractivity contribution is -0.124. The molecule has 0 spiro atoms. The number of likely N-dealkylation sites (N-methyl/N-ethyl adjacent to an activating group) is 1. The number of urea groups is 1. The summed E-state index contributed by atoms with van der Waals surface area (Å²) < 4.78 is 0. The molecule has 0 bridgehead atoms. The zero-order valence-electron chi connectivity index (χ0n) is 4.47. The molecule has 0 aromatic rings. The summed E-state index contributed by atoms with van der Waals surface area (Å²) in [5.74, 6) is -0.171. The van der Waals surface area contributed by atoms with Crippen molar-refractivity contribution in [1.29, 1.82) is 0 Å². The first-order chi connectivity index (χ1) is 3.72. The van der Waals surface area contributed by atoms with E-state index in [4.69, 9.17) is 0 Å². The monoisotopic (exact) mass is 116 g/mol. The first-order valence-corrected chi connectivity index (χ1v) is 2.26. The molecule has 4 heteroatoms. The van der Waals surface area contributed by atoms with Crippen molar-refractivity contribution in [2.75, 3.05) is 13.6 Å². The maximum absolute atomic E-state index is 10.4. The van der Waals surface area contributed by atoms with Gasteiger partial charge in [0.25, 0.3) is 0 Å². The third-order valence-electron chi connectivity index (χ3n) is 1.07. The van der Waals surface area contributed by atoms with Gasteiger partial charge in [0, 0.05) is 8.47 Å². The Kier molecular flexibility index (Phi) is 0.932. The number of carbonyl (C=O) groups is 2. The molecule has 0 aromatic heterocycles. The third kappa shape index (κ3) is 0.538. The van der Waals surface area contributed by atoms with Crippen molar-refractivity contribution in [3.8, 4) is 0 Å². The Labute approximate surface area is 47.9 Å². The molecule has 0 aliphatic carbocycles. The average Bonchev–Trinajstić information content (AvgIpc) is 1.98. The van der Waals surface area contributed by atoms with Crippen LogP contribution in [-0.2, 0) is 4.79 Å². The molecule has 0 unspecified atom stereocenters. The molecule has 1 heterocycles. The summed E-state index contributed by atoms with van der Waals surface area (Å²) in [5.41, 5.74) is 0. The van der Waals surface area contributed by atoms with Crippen molar-refractivity contribution in [1.82, 2.24) is 10.2 Å². The van der Waals surface area contributed by atoms with E-state index in [0.717, 1.165) is 4.90 Å². The van der Waals surface area contributed by atoms with Gasteiger partial charge in [0.1, 0.15) is 0 Å². The predicted octanol–water partition coefficient (Wildman–Crippen LogP) is -0.586. The molecule has 4 nitrogen and oxygen atoms in total. The van der Waals surface area contributed by atoms with Crippen molar-refractivity contribution < 1.29 is 11.0 Å². The Balaban J connectivity index is 0.000000640. The highest BCUT2D eigenvalue weighted by Crippen LogP contribution is 1.91. The van der Waals surface area contributed by atoms with E-state index in [1.54, 1.807) is 0 Å². The van der Waals surface area contributed by atoms with Crippen molar-refractivity contribution in [2.45, 2.75) is 0 Å². The van der Waals surface area contributed by atoms with E-state index >= 15 is 0 Å². The van der Waals surface area contributed by atoms with Gasteiger partial charge < -0.3 is 5.32 Å². The highest BCUT2D eigenvalue weighted by atomic mass is 16.2. The second kappa shape index (κ2) is 1.47. The zero-order chi connectivity index (χ0) is 6.15. The van der Waals surface area contributed by atoms with Crippen molar-refractivity contribution in [3.05, 3.63) is 0 Å². The van der Waals surface area contributed by atoms with Crippen LogP contribution in [0.5, 0.6) is 0 Å². The van der Waals surface area contributed by atoms with Crippen LogP contribution >= 0.6 is 0 Å². The van der Waals surface area contributed by atoms with Gasteiger partial charge in [-0.1, -0.05) is 0 Å². The molecule has 0 radical (unpaired) electrons. The van der Waals surface area contributed by atoms with E-state index < -0.39 is 0 Å². The lowest BCUT2D eigenvalue weighted by atomic mass is 10.6. The number of nitrogens with one attached hydrogen (secondary N) is 1. The Morgan fingerprint density at radius 1 is 1.75 bits per heavy atom. The molecule has 1 fully saturated rings. The zero-order valence-corrected chi connectivity index (χ0v) is 4.47. The number of nitrogens with zero attached hydrogens (tertiary/aromatic N) is 1. The van der Waals surface area contributed by atoms with Crippen LogP contribution in [0.4, 0.5) is 4.79 Å². The van der Waals surface area contributed by atoms with Crippen LogP contribution in [0.25, 0.3) is 0 Å². The van der Waals surface area contributed by atoms with Crippen LogP contribution in [0, 0.1) is 0 Å². The van der Waals surface area contributed by atoms with E-state index in [0.29, 0.717) is 0 Å². The SMILES string of the molecule is CN1C(=O)CNC1=O.[HH]. The van der Waals surface area contributed by atoms with Gasteiger partial charge in [0.15, 0.2) is 0 Å². The fraction of sp³-hybridized carbons (Fsp3) is 0.500. The highest BCUT2D eigenvalue weighted by Gasteiger charge is 2.23. The number of hydrogen-bond donors (Lipinski definition) is 1. The van der Waals surface area contributed by atoms with Gasteiger partial charge in [-0.05, 0) is 0 Å². The minimum absolute atomic E-state index is 0. The summed E-state index contributed by atoms with van der Waals surface area (Å²) in [5, 5.41) is 2.36. The Morgan fingerprint density at radius 2 is 2.38 bits per heavy atom. The lowest BCUT2D eigenvalue weighted by Gasteiger charge is -1.99. The highest BCUT2D eigenvalue weighted by molar-refractivity contribution is 6.01. The Bertz CT molecular complexity index is 132. The van der Waals surface area contributed by atoms with Crippen LogP contribution in [0.15, 0.2) is 0 Å². The van der Waals surface area contributed by atoms with Crippen LogP contribution in [0.3, 0.4) is 0 Å². The molecule has 1 rings (SSSR count). The quantitative estimate of drug-likeness (QED) is 0.430. The minimum atomic E-state index is -0.310. The number of rotatable bonds is 0. The largest absolute Gasteiger partial charge is 0.329 e. The minimum Gasteiger partial charge on any atom is -0.329 e. The third-order valence-corrected chi connectivity index (χ3v) is 1.07. The number of hydrogen-bond acceptors (Lipinski definition) is 2. The summed E-state index contributed by atoms with van der Waals surface area (Å²) in [7, 11) is 1.45. The lowest BCUT2D eigenvalue weighted by Crippen LogP contribution is -2.25. The fourth-order valence-electron chi connectivity index (χ4n) is 0.502. The molecule has 0 atom stereocenters. The first kappa shape index (κ1) is 5.08. The van der Waals surface area contributed by atoms with Gasteiger partial charge in [-0.15, -0.1) is 0 Å². The topological polar surface area (TPSA) is 49.4 Å². The van der Waals surface area contributed by atoms with Gasteiger partial charge in [0.05, 0.1) is 6.54 Å². The number of imide groups is 1. The van der Waals surface area contributed by atoms with Gasteiger partial charge in [0.2, 0.25) is 5.91 Å². The second-order valence-corrected chi connectivity index (χ2v) is 1.61. The van der Waals surface area contributed by atoms with Gasteiger partial charge in [-0.2, -0.15) is 0 Å². The molecule has 1 aliphatic rings. The average molecular weight is 116 g/mol. The summed E-state index contributed by atoms with van der Waals surface area (Å²) >= 11 is 0. The van der Waals surface area contributed by atoms with Gasteiger partial charge in [-0.3, -0.25) is 9.69 Å². The first-order valence-electron chi connectivity index (χ1n) is 2.26. The van der Waals surface area contributed by atoms with Crippen molar-refractivity contribution >= 4 is 11.9 Å². The molecular weight excluding hydrogens is 108 g/mol.